The zero-order valence-corrected chi connectivity index (χ0v) is 13.1. The second kappa shape index (κ2) is 8.03. The van der Waals surface area contributed by atoms with Gasteiger partial charge in [-0.1, -0.05) is 13.0 Å². The van der Waals surface area contributed by atoms with Crippen LogP contribution in [0.1, 0.15) is 50.3 Å². The number of carbonyl (C=O) groups excluding carboxylic acids is 1. The van der Waals surface area contributed by atoms with E-state index in [4.69, 9.17) is 4.74 Å². The Kier molecular flexibility index (Phi) is 6.05. The first-order chi connectivity index (χ1) is 10.2. The maximum absolute atomic E-state index is 11.4. The maximum Gasteiger partial charge on any atom is 0.223 e. The van der Waals surface area contributed by atoms with Gasteiger partial charge >= 0.3 is 0 Å². The minimum Gasteiger partial charge on any atom is -0.493 e. The molecular formula is C17H26N2O2. The molecule has 1 aliphatic rings. The highest BCUT2D eigenvalue weighted by molar-refractivity contribution is 5.75. The van der Waals surface area contributed by atoms with E-state index in [2.05, 4.69) is 29.7 Å². The van der Waals surface area contributed by atoms with E-state index in [1.54, 1.807) is 0 Å². The quantitative estimate of drug-likeness (QED) is 0.773. The van der Waals surface area contributed by atoms with Gasteiger partial charge in [-0.15, -0.1) is 0 Å². The van der Waals surface area contributed by atoms with Crippen molar-refractivity contribution in [2.45, 2.75) is 45.6 Å². The van der Waals surface area contributed by atoms with Crippen molar-refractivity contribution >= 4 is 5.91 Å². The highest BCUT2D eigenvalue weighted by atomic mass is 16.5. The average molecular weight is 290 g/mol. The summed E-state index contributed by atoms with van der Waals surface area (Å²) in [5, 5.41) is 6.36. The smallest absolute Gasteiger partial charge is 0.223 e. The highest BCUT2D eigenvalue weighted by Crippen LogP contribution is 2.33. The summed E-state index contributed by atoms with van der Waals surface area (Å²) in [6, 6.07) is 6.80. The molecule has 116 valence electrons. The van der Waals surface area contributed by atoms with Crippen molar-refractivity contribution in [2.75, 3.05) is 19.7 Å². The van der Waals surface area contributed by atoms with E-state index in [1.807, 2.05) is 13.0 Å². The fourth-order valence-electron chi connectivity index (χ4n) is 2.76. The van der Waals surface area contributed by atoms with Gasteiger partial charge < -0.3 is 15.4 Å². The molecule has 1 amide bonds. The number of fused-ring (bicyclic) bond motifs is 1. The Balaban J connectivity index is 1.86. The van der Waals surface area contributed by atoms with E-state index in [1.165, 1.54) is 11.1 Å². The van der Waals surface area contributed by atoms with Crippen molar-refractivity contribution in [1.82, 2.24) is 10.6 Å². The highest BCUT2D eigenvalue weighted by Gasteiger charge is 2.21. The normalized spacial score (nSPS) is 16.6. The molecule has 0 heterocycles. The van der Waals surface area contributed by atoms with Crippen LogP contribution in [0, 0.1) is 0 Å². The lowest BCUT2D eigenvalue weighted by Crippen LogP contribution is -2.24. The summed E-state index contributed by atoms with van der Waals surface area (Å²) in [6.07, 6.45) is 3.83. The minimum absolute atomic E-state index is 0.0440. The maximum atomic E-state index is 11.4. The third-order valence-electron chi connectivity index (χ3n) is 3.80. The van der Waals surface area contributed by atoms with Gasteiger partial charge in [-0.05, 0) is 56.0 Å². The molecule has 4 nitrogen and oxygen atoms in total. The van der Waals surface area contributed by atoms with Crippen LogP contribution in [0.4, 0.5) is 0 Å². The van der Waals surface area contributed by atoms with Gasteiger partial charge in [0.25, 0.3) is 0 Å². The number of carbonyl (C=O) groups is 1. The molecule has 1 unspecified atom stereocenters. The topological polar surface area (TPSA) is 50.4 Å². The molecule has 4 heteroatoms. The summed E-state index contributed by atoms with van der Waals surface area (Å²) >= 11 is 0. The van der Waals surface area contributed by atoms with E-state index in [0.717, 1.165) is 31.6 Å². The summed E-state index contributed by atoms with van der Waals surface area (Å²) in [5.74, 6) is 0.914. The molecule has 0 radical (unpaired) electrons. The number of aryl methyl sites for hydroxylation is 1. The van der Waals surface area contributed by atoms with E-state index < -0.39 is 0 Å². The zero-order chi connectivity index (χ0) is 15.1. The second-order valence-electron chi connectivity index (χ2n) is 5.46. The lowest BCUT2D eigenvalue weighted by Gasteiger charge is -2.14. The fourth-order valence-corrected chi connectivity index (χ4v) is 2.76. The molecule has 1 atom stereocenters. The molecule has 2 N–H and O–H groups in total. The third-order valence-corrected chi connectivity index (χ3v) is 3.80. The first kappa shape index (κ1) is 15.8. The molecule has 0 aliphatic heterocycles. The van der Waals surface area contributed by atoms with Crippen molar-refractivity contribution in [1.29, 1.82) is 0 Å². The van der Waals surface area contributed by atoms with Crippen LogP contribution in [0.25, 0.3) is 0 Å². The van der Waals surface area contributed by atoms with E-state index in [0.29, 0.717) is 25.6 Å². The van der Waals surface area contributed by atoms with Crippen LogP contribution in [0.3, 0.4) is 0 Å². The average Bonchev–Trinajstić information content (AvgIpc) is 2.88. The van der Waals surface area contributed by atoms with Gasteiger partial charge in [0.2, 0.25) is 5.91 Å². The molecule has 21 heavy (non-hydrogen) atoms. The standard InChI is InChI=1S/C17H26N2O2/c1-3-10-19-16-8-5-13-12-14(6-7-15(13)16)21-11-9-17(20)18-4-2/h6-7,12,16,19H,3-5,8-11H2,1-2H3,(H,18,20). The summed E-state index contributed by atoms with van der Waals surface area (Å²) in [7, 11) is 0. The number of rotatable bonds is 8. The molecule has 0 saturated carbocycles. The van der Waals surface area contributed by atoms with Crippen LogP contribution < -0.4 is 15.4 Å². The van der Waals surface area contributed by atoms with Gasteiger partial charge in [0.1, 0.15) is 5.75 Å². The number of amides is 1. The Morgan fingerprint density at radius 1 is 1.38 bits per heavy atom. The van der Waals surface area contributed by atoms with Gasteiger partial charge in [0, 0.05) is 12.6 Å². The van der Waals surface area contributed by atoms with Crippen LogP contribution in [0.15, 0.2) is 18.2 Å². The minimum atomic E-state index is 0.0440. The number of nitrogens with one attached hydrogen (secondary N) is 2. The molecule has 0 saturated heterocycles. The van der Waals surface area contributed by atoms with Crippen molar-refractivity contribution in [3.63, 3.8) is 0 Å². The summed E-state index contributed by atoms with van der Waals surface area (Å²) in [5.41, 5.74) is 2.78. The lowest BCUT2D eigenvalue weighted by molar-refractivity contribution is -0.121. The van der Waals surface area contributed by atoms with Crippen LogP contribution in [-0.4, -0.2) is 25.6 Å². The van der Waals surface area contributed by atoms with Crippen molar-refractivity contribution < 1.29 is 9.53 Å². The zero-order valence-electron chi connectivity index (χ0n) is 13.1. The molecule has 0 fully saturated rings. The monoisotopic (exact) mass is 290 g/mol. The number of hydrogen-bond donors (Lipinski definition) is 2. The van der Waals surface area contributed by atoms with Gasteiger partial charge in [0.15, 0.2) is 0 Å². The van der Waals surface area contributed by atoms with E-state index >= 15 is 0 Å². The first-order valence-electron chi connectivity index (χ1n) is 8.00. The molecule has 1 aliphatic carbocycles. The van der Waals surface area contributed by atoms with Gasteiger partial charge in [-0.2, -0.15) is 0 Å². The third kappa shape index (κ3) is 4.46. The largest absolute Gasteiger partial charge is 0.493 e. The van der Waals surface area contributed by atoms with Crippen molar-refractivity contribution in [3.05, 3.63) is 29.3 Å². The summed E-state index contributed by atoms with van der Waals surface area (Å²) in [4.78, 5) is 11.4. The Hall–Kier alpha value is -1.55. The van der Waals surface area contributed by atoms with E-state index in [9.17, 15) is 4.79 Å². The summed E-state index contributed by atoms with van der Waals surface area (Å²) in [6.45, 7) is 6.28. The van der Waals surface area contributed by atoms with Gasteiger partial charge in [-0.3, -0.25) is 4.79 Å². The van der Waals surface area contributed by atoms with Crippen molar-refractivity contribution in [3.8, 4) is 5.75 Å². The SMILES string of the molecule is CCCNC1CCc2cc(OCCC(=O)NCC)ccc21. The first-order valence-corrected chi connectivity index (χ1v) is 8.00. The molecule has 0 aromatic heterocycles. The number of hydrogen-bond acceptors (Lipinski definition) is 3. The second-order valence-corrected chi connectivity index (χ2v) is 5.46. The summed E-state index contributed by atoms with van der Waals surface area (Å²) < 4.78 is 5.68. The number of ether oxygens (including phenoxy) is 1. The molecule has 0 spiro atoms. The van der Waals surface area contributed by atoms with Crippen LogP contribution in [-0.2, 0) is 11.2 Å². The van der Waals surface area contributed by atoms with Crippen molar-refractivity contribution in [2.24, 2.45) is 0 Å². The molecule has 2 rings (SSSR count). The Morgan fingerprint density at radius 2 is 2.24 bits per heavy atom. The molecule has 1 aromatic carbocycles. The molecular weight excluding hydrogens is 264 g/mol. The Labute approximate surface area is 127 Å². The van der Waals surface area contributed by atoms with Crippen LogP contribution in [0.5, 0.6) is 5.75 Å². The van der Waals surface area contributed by atoms with E-state index in [-0.39, 0.29) is 5.91 Å². The van der Waals surface area contributed by atoms with Crippen LogP contribution >= 0.6 is 0 Å². The Bertz CT molecular complexity index is 474. The van der Waals surface area contributed by atoms with Gasteiger partial charge in [0.05, 0.1) is 13.0 Å². The lowest BCUT2D eigenvalue weighted by atomic mass is 10.1. The Morgan fingerprint density at radius 3 is 3.00 bits per heavy atom. The van der Waals surface area contributed by atoms with Gasteiger partial charge in [-0.25, -0.2) is 0 Å². The predicted octanol–water partition coefficient (Wildman–Crippen LogP) is 2.58. The number of benzene rings is 1. The predicted molar refractivity (Wildman–Crippen MR) is 84.6 cm³/mol. The molecule has 1 aromatic rings. The fraction of sp³-hybridized carbons (Fsp3) is 0.588. The molecule has 0 bridgehead atoms. The van der Waals surface area contributed by atoms with Crippen LogP contribution in [0.2, 0.25) is 0 Å².